The zero-order valence-corrected chi connectivity index (χ0v) is 17.8. The summed E-state index contributed by atoms with van der Waals surface area (Å²) in [5, 5.41) is 3.03. The number of nitrogens with one attached hydrogen (secondary N) is 1. The number of hydrogen-bond acceptors (Lipinski definition) is 5. The molecular formula is C25H24N2O4. The molecule has 1 aromatic heterocycles. The second-order valence-corrected chi connectivity index (χ2v) is 8.16. The van der Waals surface area contributed by atoms with E-state index in [0.29, 0.717) is 11.6 Å². The van der Waals surface area contributed by atoms with Crippen molar-refractivity contribution in [1.29, 1.82) is 0 Å². The van der Waals surface area contributed by atoms with Crippen LogP contribution in [0.25, 0.3) is 11.3 Å². The van der Waals surface area contributed by atoms with Crippen LogP contribution in [0.5, 0.6) is 17.2 Å². The predicted molar refractivity (Wildman–Crippen MR) is 118 cm³/mol. The molecule has 6 heteroatoms. The first kappa shape index (κ1) is 19.4. The molecule has 1 saturated carbocycles. The number of benzene rings is 2. The number of rotatable bonds is 5. The van der Waals surface area contributed by atoms with Crippen molar-refractivity contribution in [3.05, 3.63) is 65.2 Å². The third kappa shape index (κ3) is 3.38. The topological polar surface area (TPSA) is 69.7 Å². The number of carbonyl (C=O) groups excluding carboxylic acids is 1. The Bertz CT molecular complexity index is 1160. The van der Waals surface area contributed by atoms with Crippen LogP contribution in [0.2, 0.25) is 0 Å². The van der Waals surface area contributed by atoms with E-state index in [1.807, 2.05) is 50.2 Å². The van der Waals surface area contributed by atoms with Gasteiger partial charge in [-0.25, -0.2) is 4.98 Å². The first-order valence-corrected chi connectivity index (χ1v) is 10.3. The van der Waals surface area contributed by atoms with E-state index in [1.54, 1.807) is 7.11 Å². The molecule has 0 radical (unpaired) electrons. The van der Waals surface area contributed by atoms with Gasteiger partial charge in [-0.3, -0.25) is 4.79 Å². The van der Waals surface area contributed by atoms with Gasteiger partial charge in [-0.05, 0) is 79.8 Å². The Morgan fingerprint density at radius 2 is 1.77 bits per heavy atom. The highest BCUT2D eigenvalue weighted by Crippen LogP contribution is 2.51. The van der Waals surface area contributed by atoms with Crippen molar-refractivity contribution < 1.29 is 19.0 Å². The van der Waals surface area contributed by atoms with E-state index in [1.165, 1.54) is 0 Å². The van der Waals surface area contributed by atoms with Gasteiger partial charge in [-0.2, -0.15) is 0 Å². The molecule has 0 spiro atoms. The number of aromatic nitrogens is 1. The summed E-state index contributed by atoms with van der Waals surface area (Å²) in [6.07, 6.45) is 1.60. The summed E-state index contributed by atoms with van der Waals surface area (Å²) in [5.74, 6) is 2.80. The fraction of sp³-hybridized carbons (Fsp3) is 0.280. The van der Waals surface area contributed by atoms with Crippen LogP contribution in [0.3, 0.4) is 0 Å². The summed E-state index contributed by atoms with van der Waals surface area (Å²) in [4.78, 5) is 17.9. The largest absolute Gasteiger partial charge is 0.496 e. The molecule has 158 valence electrons. The molecule has 0 bridgehead atoms. The van der Waals surface area contributed by atoms with Gasteiger partial charge in [0.15, 0.2) is 11.5 Å². The van der Waals surface area contributed by atoms with Gasteiger partial charge < -0.3 is 19.5 Å². The van der Waals surface area contributed by atoms with Crippen molar-refractivity contribution in [3.8, 4) is 28.5 Å². The summed E-state index contributed by atoms with van der Waals surface area (Å²) in [6, 6.07) is 15.5. The number of aryl methyl sites for hydroxylation is 2. The third-order valence-corrected chi connectivity index (χ3v) is 6.06. The van der Waals surface area contributed by atoms with E-state index >= 15 is 0 Å². The minimum absolute atomic E-state index is 0.0434. The van der Waals surface area contributed by atoms with Crippen molar-refractivity contribution >= 4 is 11.7 Å². The fourth-order valence-corrected chi connectivity index (χ4v) is 4.29. The van der Waals surface area contributed by atoms with Gasteiger partial charge in [-0.1, -0.05) is 12.1 Å². The molecule has 1 N–H and O–H groups in total. The van der Waals surface area contributed by atoms with E-state index < -0.39 is 5.41 Å². The van der Waals surface area contributed by atoms with Crippen LogP contribution in [0.1, 0.15) is 29.5 Å². The number of carbonyl (C=O) groups is 1. The number of fused-ring (bicyclic) bond motifs is 1. The molecule has 6 nitrogen and oxygen atoms in total. The molecule has 3 aromatic rings. The van der Waals surface area contributed by atoms with E-state index in [-0.39, 0.29) is 12.7 Å². The first-order chi connectivity index (χ1) is 15.0. The average molecular weight is 416 g/mol. The number of nitrogens with zero attached hydrogens (tertiary/aromatic N) is 1. The van der Waals surface area contributed by atoms with Crippen molar-refractivity contribution in [1.82, 2.24) is 4.98 Å². The van der Waals surface area contributed by atoms with Crippen LogP contribution in [-0.2, 0) is 10.2 Å². The van der Waals surface area contributed by atoms with Crippen molar-refractivity contribution in [2.45, 2.75) is 32.1 Å². The van der Waals surface area contributed by atoms with E-state index in [0.717, 1.165) is 52.3 Å². The maximum absolute atomic E-state index is 13.2. The summed E-state index contributed by atoms with van der Waals surface area (Å²) >= 11 is 0. The van der Waals surface area contributed by atoms with E-state index in [4.69, 9.17) is 19.2 Å². The van der Waals surface area contributed by atoms with Gasteiger partial charge in [-0.15, -0.1) is 0 Å². The average Bonchev–Trinajstić information content (AvgIpc) is 3.45. The second-order valence-electron chi connectivity index (χ2n) is 8.16. The summed E-state index contributed by atoms with van der Waals surface area (Å²) in [7, 11) is 1.68. The monoisotopic (exact) mass is 416 g/mol. The van der Waals surface area contributed by atoms with Crippen LogP contribution in [0, 0.1) is 13.8 Å². The van der Waals surface area contributed by atoms with Crippen molar-refractivity contribution in [2.75, 3.05) is 19.2 Å². The Labute approximate surface area is 181 Å². The van der Waals surface area contributed by atoms with Gasteiger partial charge in [0.1, 0.15) is 11.6 Å². The van der Waals surface area contributed by atoms with E-state index in [2.05, 4.69) is 17.4 Å². The number of pyridine rings is 1. The Hall–Kier alpha value is -3.54. The van der Waals surface area contributed by atoms with Crippen LogP contribution >= 0.6 is 0 Å². The lowest BCUT2D eigenvalue weighted by molar-refractivity contribution is -0.118. The molecule has 0 unspecified atom stereocenters. The maximum atomic E-state index is 13.2. The third-order valence-electron chi connectivity index (χ3n) is 6.06. The molecule has 1 amide bonds. The molecule has 31 heavy (non-hydrogen) atoms. The smallest absolute Gasteiger partial charge is 0.236 e. The quantitative estimate of drug-likeness (QED) is 0.649. The highest BCUT2D eigenvalue weighted by atomic mass is 16.7. The van der Waals surface area contributed by atoms with Crippen LogP contribution in [-0.4, -0.2) is 24.8 Å². The van der Waals surface area contributed by atoms with Crippen molar-refractivity contribution in [2.24, 2.45) is 0 Å². The zero-order valence-electron chi connectivity index (χ0n) is 17.8. The summed E-state index contributed by atoms with van der Waals surface area (Å²) in [6.45, 7) is 4.26. The summed E-state index contributed by atoms with van der Waals surface area (Å²) in [5.41, 5.74) is 4.31. The lowest BCUT2D eigenvalue weighted by atomic mass is 9.94. The minimum Gasteiger partial charge on any atom is -0.496 e. The number of ether oxygens (including phenoxy) is 3. The lowest BCUT2D eigenvalue weighted by Gasteiger charge is -2.16. The SMILES string of the molecule is COc1c(C)cc(-c2cccc(NC(=O)C3(c4ccc5c(c4)OCO5)CC3)n2)cc1C. The zero-order chi connectivity index (χ0) is 21.6. The van der Waals surface area contributed by atoms with Gasteiger partial charge >= 0.3 is 0 Å². The van der Waals surface area contributed by atoms with Gasteiger partial charge in [0.05, 0.1) is 18.2 Å². The molecule has 2 aromatic carbocycles. The van der Waals surface area contributed by atoms with Crippen LogP contribution in [0.15, 0.2) is 48.5 Å². The van der Waals surface area contributed by atoms with E-state index in [9.17, 15) is 4.79 Å². The highest BCUT2D eigenvalue weighted by molar-refractivity contribution is 6.01. The number of methoxy groups -OCH3 is 1. The second kappa shape index (κ2) is 7.30. The Kier molecular flexibility index (Phi) is 4.58. The molecule has 0 saturated heterocycles. The normalized spacial score (nSPS) is 15.5. The molecule has 1 fully saturated rings. The van der Waals surface area contributed by atoms with Gasteiger partial charge in [0.25, 0.3) is 0 Å². The summed E-state index contributed by atoms with van der Waals surface area (Å²) < 4.78 is 16.3. The maximum Gasteiger partial charge on any atom is 0.236 e. The molecule has 1 aliphatic carbocycles. The standard InChI is InChI=1S/C25H24N2O4/c1-15-11-17(12-16(2)23(15)29-3)19-5-4-6-22(26-19)27-24(28)25(9-10-25)18-7-8-20-21(13-18)31-14-30-20/h4-8,11-13H,9-10,14H2,1-3H3,(H,26,27,28). The lowest BCUT2D eigenvalue weighted by Crippen LogP contribution is -2.28. The van der Waals surface area contributed by atoms with Gasteiger partial charge in [0.2, 0.25) is 12.7 Å². The Morgan fingerprint density at radius 1 is 1.03 bits per heavy atom. The molecule has 1 aliphatic heterocycles. The van der Waals surface area contributed by atoms with Crippen LogP contribution < -0.4 is 19.5 Å². The number of amides is 1. The van der Waals surface area contributed by atoms with Crippen LogP contribution in [0.4, 0.5) is 5.82 Å². The minimum atomic E-state index is -0.536. The molecule has 0 atom stereocenters. The number of hydrogen-bond donors (Lipinski definition) is 1. The predicted octanol–water partition coefficient (Wildman–Crippen LogP) is 4.77. The fourth-order valence-electron chi connectivity index (χ4n) is 4.29. The first-order valence-electron chi connectivity index (χ1n) is 10.3. The van der Waals surface area contributed by atoms with Gasteiger partial charge in [0, 0.05) is 5.56 Å². The molecule has 2 heterocycles. The number of anilines is 1. The molecule has 5 rings (SSSR count). The highest BCUT2D eigenvalue weighted by Gasteiger charge is 2.51. The Balaban J connectivity index is 1.39. The van der Waals surface area contributed by atoms with Crippen molar-refractivity contribution in [3.63, 3.8) is 0 Å². The molecule has 2 aliphatic rings. The Morgan fingerprint density at radius 3 is 2.48 bits per heavy atom. The molecular weight excluding hydrogens is 392 g/mol.